The predicted molar refractivity (Wildman–Crippen MR) is 82.6 cm³/mol. The Morgan fingerprint density at radius 2 is 2.17 bits per heavy atom. The molecule has 0 spiro atoms. The summed E-state index contributed by atoms with van der Waals surface area (Å²) in [6.07, 6.45) is 0.652. The molecule has 1 saturated heterocycles. The van der Waals surface area contributed by atoms with Gasteiger partial charge in [0.15, 0.2) is 5.69 Å². The van der Waals surface area contributed by atoms with Crippen molar-refractivity contribution in [2.75, 3.05) is 19.8 Å². The van der Waals surface area contributed by atoms with E-state index >= 15 is 0 Å². The summed E-state index contributed by atoms with van der Waals surface area (Å²) in [5.74, 6) is -0.797. The van der Waals surface area contributed by atoms with E-state index in [1.807, 2.05) is 0 Å². The van der Waals surface area contributed by atoms with Gasteiger partial charge in [0.2, 0.25) is 0 Å². The highest BCUT2D eigenvalue weighted by atomic mass is 19.1. The second-order valence-electron chi connectivity index (χ2n) is 6.38. The van der Waals surface area contributed by atoms with Crippen molar-refractivity contribution in [2.45, 2.75) is 19.6 Å². The van der Waals surface area contributed by atoms with Crippen molar-refractivity contribution in [1.29, 1.82) is 0 Å². The zero-order valence-corrected chi connectivity index (χ0v) is 13.3. The minimum absolute atomic E-state index is 0.00286. The molecule has 0 aliphatic carbocycles. The average molecular weight is 334 g/mol. The molecule has 0 radical (unpaired) electrons. The Kier molecular flexibility index (Phi) is 4.59. The molecule has 1 amide bonds. The minimum atomic E-state index is -0.921. The number of aromatic nitrogens is 3. The van der Waals surface area contributed by atoms with Crippen LogP contribution in [0.1, 0.15) is 29.1 Å². The summed E-state index contributed by atoms with van der Waals surface area (Å²) in [5.41, 5.74) is 0.739. The lowest BCUT2D eigenvalue weighted by Gasteiger charge is -2.37. The molecule has 3 rings (SSSR count). The molecule has 0 bridgehead atoms. The molecule has 1 aliphatic rings. The van der Waals surface area contributed by atoms with E-state index in [2.05, 4.69) is 22.6 Å². The van der Waals surface area contributed by atoms with Gasteiger partial charge in [-0.1, -0.05) is 24.3 Å². The third-order valence-electron chi connectivity index (χ3n) is 3.93. The highest BCUT2D eigenvalue weighted by Gasteiger charge is 2.34. The predicted octanol–water partition coefficient (Wildman–Crippen LogP) is 0.917. The number of rotatable bonds is 6. The van der Waals surface area contributed by atoms with E-state index < -0.39 is 12.0 Å². The summed E-state index contributed by atoms with van der Waals surface area (Å²) >= 11 is 0. The Morgan fingerprint density at radius 1 is 1.46 bits per heavy atom. The molecule has 0 saturated carbocycles. The van der Waals surface area contributed by atoms with Gasteiger partial charge in [-0.2, -0.15) is 0 Å². The van der Waals surface area contributed by atoms with Crippen LogP contribution in [0.5, 0.6) is 0 Å². The summed E-state index contributed by atoms with van der Waals surface area (Å²) in [4.78, 5) is 12.1. The summed E-state index contributed by atoms with van der Waals surface area (Å²) in [6, 6.07) is 5.47. The first kappa shape index (κ1) is 16.5. The fourth-order valence-corrected chi connectivity index (χ4v) is 2.50. The summed E-state index contributed by atoms with van der Waals surface area (Å²) in [7, 11) is 0. The summed E-state index contributed by atoms with van der Waals surface area (Å²) in [5, 5.41) is 20.4. The van der Waals surface area contributed by atoms with Crippen LogP contribution in [0.25, 0.3) is 0 Å². The first-order valence-electron chi connectivity index (χ1n) is 7.65. The maximum absolute atomic E-state index is 12.9. The van der Waals surface area contributed by atoms with Gasteiger partial charge in [0.1, 0.15) is 5.82 Å². The lowest BCUT2D eigenvalue weighted by atomic mass is 9.89. The maximum Gasteiger partial charge on any atom is 0.273 e. The van der Waals surface area contributed by atoms with Gasteiger partial charge in [-0.15, -0.1) is 5.10 Å². The van der Waals surface area contributed by atoms with E-state index in [-0.39, 0.29) is 23.5 Å². The molecule has 2 aromatic rings. The van der Waals surface area contributed by atoms with Gasteiger partial charge in [-0.05, 0) is 17.7 Å². The van der Waals surface area contributed by atoms with Gasteiger partial charge in [0.25, 0.3) is 5.91 Å². The van der Waals surface area contributed by atoms with Gasteiger partial charge >= 0.3 is 0 Å². The van der Waals surface area contributed by atoms with Crippen molar-refractivity contribution in [2.24, 2.45) is 5.41 Å². The van der Waals surface area contributed by atoms with Crippen molar-refractivity contribution in [1.82, 2.24) is 20.3 Å². The number of nitrogens with one attached hydrogen (secondary N) is 1. The van der Waals surface area contributed by atoms with Crippen molar-refractivity contribution in [3.63, 3.8) is 0 Å². The van der Waals surface area contributed by atoms with Crippen molar-refractivity contribution in [3.8, 4) is 0 Å². The van der Waals surface area contributed by atoms with E-state index in [1.54, 1.807) is 10.9 Å². The van der Waals surface area contributed by atoms with Crippen molar-refractivity contribution < 1.29 is 19.0 Å². The number of halogens is 1. The van der Waals surface area contributed by atoms with Crippen LogP contribution in [0.3, 0.4) is 0 Å². The molecule has 2 heterocycles. The van der Waals surface area contributed by atoms with Crippen LogP contribution in [0.4, 0.5) is 4.39 Å². The number of aliphatic hydroxyl groups excluding tert-OH is 1. The Balaban J connectivity index is 1.53. The second-order valence-corrected chi connectivity index (χ2v) is 6.38. The standard InChI is InChI=1S/C16H19FN4O3/c1-16(9-24-10-16)8-21-7-13(19-20-21)15(23)18-6-14(22)11-2-4-12(17)5-3-11/h2-5,7,14,22H,6,8-10H2,1H3,(H,18,23)/t14-/m0/s1. The number of carbonyl (C=O) groups is 1. The van der Waals surface area contributed by atoms with E-state index in [4.69, 9.17) is 4.74 Å². The normalized spacial score (nSPS) is 17.1. The Morgan fingerprint density at radius 3 is 2.79 bits per heavy atom. The number of hydrogen-bond donors (Lipinski definition) is 2. The van der Waals surface area contributed by atoms with E-state index in [1.165, 1.54) is 24.3 Å². The average Bonchev–Trinajstić information content (AvgIpc) is 3.00. The molecule has 0 unspecified atom stereocenters. The SMILES string of the molecule is CC1(Cn2cc(C(=O)NC[C@H](O)c3ccc(F)cc3)nn2)COC1. The van der Waals surface area contributed by atoms with Crippen LogP contribution in [0.15, 0.2) is 30.5 Å². The largest absolute Gasteiger partial charge is 0.387 e. The van der Waals surface area contributed by atoms with Gasteiger partial charge in [-0.25, -0.2) is 4.39 Å². The van der Waals surface area contributed by atoms with E-state index in [9.17, 15) is 14.3 Å². The molecular weight excluding hydrogens is 315 g/mol. The van der Waals surface area contributed by atoms with E-state index in [0.717, 1.165) is 0 Å². The smallest absolute Gasteiger partial charge is 0.273 e. The number of aliphatic hydroxyl groups is 1. The van der Waals surface area contributed by atoms with Gasteiger partial charge in [0.05, 0.1) is 32.1 Å². The number of amides is 1. The highest BCUT2D eigenvalue weighted by molar-refractivity contribution is 5.91. The molecule has 128 valence electrons. The molecule has 24 heavy (non-hydrogen) atoms. The minimum Gasteiger partial charge on any atom is -0.387 e. The molecule has 8 heteroatoms. The lowest BCUT2D eigenvalue weighted by Crippen LogP contribution is -2.43. The third kappa shape index (κ3) is 3.77. The Labute approximate surface area is 138 Å². The van der Waals surface area contributed by atoms with Crippen LogP contribution in [-0.2, 0) is 11.3 Å². The molecule has 1 atom stereocenters. The topological polar surface area (TPSA) is 89.3 Å². The number of hydrogen-bond acceptors (Lipinski definition) is 5. The Bertz CT molecular complexity index is 712. The molecule has 1 aromatic heterocycles. The highest BCUT2D eigenvalue weighted by Crippen LogP contribution is 2.28. The van der Waals surface area contributed by atoms with Crippen LogP contribution < -0.4 is 5.32 Å². The van der Waals surface area contributed by atoms with Crippen LogP contribution in [-0.4, -0.2) is 45.8 Å². The Hall–Kier alpha value is -2.32. The van der Waals surface area contributed by atoms with Crippen molar-refractivity contribution in [3.05, 3.63) is 47.5 Å². The quantitative estimate of drug-likeness (QED) is 0.820. The number of benzene rings is 1. The molecule has 2 N–H and O–H groups in total. The first-order chi connectivity index (χ1) is 11.5. The second kappa shape index (κ2) is 6.66. The number of ether oxygens (including phenoxy) is 1. The molecule has 1 fully saturated rings. The van der Waals surface area contributed by atoms with E-state index in [0.29, 0.717) is 25.3 Å². The van der Waals surface area contributed by atoms with Gasteiger partial charge in [-0.3, -0.25) is 9.48 Å². The maximum atomic E-state index is 12.9. The van der Waals surface area contributed by atoms with Gasteiger partial charge in [0, 0.05) is 12.0 Å². The molecule has 1 aromatic carbocycles. The fourth-order valence-electron chi connectivity index (χ4n) is 2.50. The number of carbonyl (C=O) groups excluding carboxylic acids is 1. The first-order valence-corrected chi connectivity index (χ1v) is 7.65. The lowest BCUT2D eigenvalue weighted by molar-refractivity contribution is -0.111. The van der Waals surface area contributed by atoms with Crippen LogP contribution in [0.2, 0.25) is 0 Å². The molecular formula is C16H19FN4O3. The monoisotopic (exact) mass is 334 g/mol. The van der Waals surface area contributed by atoms with Gasteiger partial charge < -0.3 is 15.2 Å². The molecule has 1 aliphatic heterocycles. The van der Waals surface area contributed by atoms with Crippen LogP contribution in [0, 0.1) is 11.2 Å². The fraction of sp³-hybridized carbons (Fsp3) is 0.438. The molecule has 7 nitrogen and oxygen atoms in total. The summed E-state index contributed by atoms with van der Waals surface area (Å²) < 4.78 is 19.7. The third-order valence-corrected chi connectivity index (χ3v) is 3.93. The zero-order chi connectivity index (χ0) is 17.2. The zero-order valence-electron chi connectivity index (χ0n) is 13.3. The van der Waals surface area contributed by atoms with Crippen LogP contribution >= 0.6 is 0 Å². The summed E-state index contributed by atoms with van der Waals surface area (Å²) in [6.45, 7) is 4.04. The number of nitrogens with zero attached hydrogens (tertiary/aromatic N) is 3. The van der Waals surface area contributed by atoms with Crippen molar-refractivity contribution >= 4 is 5.91 Å².